The van der Waals surface area contributed by atoms with Crippen LogP contribution >= 0.6 is 0 Å². The van der Waals surface area contributed by atoms with Crippen LogP contribution < -0.4 is 4.90 Å². The second-order valence-corrected chi connectivity index (χ2v) is 6.51. The Morgan fingerprint density at radius 3 is 2.59 bits per heavy atom. The van der Waals surface area contributed by atoms with E-state index < -0.39 is 0 Å². The summed E-state index contributed by atoms with van der Waals surface area (Å²) in [7, 11) is 2.18. The van der Waals surface area contributed by atoms with Crippen molar-refractivity contribution in [3.63, 3.8) is 0 Å². The maximum atomic E-state index is 4.75. The third-order valence-electron chi connectivity index (χ3n) is 5.05. The van der Waals surface area contributed by atoms with Crippen molar-refractivity contribution in [2.24, 2.45) is 5.92 Å². The van der Waals surface area contributed by atoms with E-state index in [1.807, 2.05) is 10.6 Å². The molecular formula is C17H27N5. The molecular weight excluding hydrogens is 274 g/mol. The average molecular weight is 301 g/mol. The smallest absolute Gasteiger partial charge is 0.178 e. The molecule has 0 atom stereocenters. The Kier molecular flexibility index (Phi) is 4.60. The van der Waals surface area contributed by atoms with Crippen molar-refractivity contribution in [3.05, 3.63) is 18.0 Å². The van der Waals surface area contributed by atoms with Gasteiger partial charge in [0.1, 0.15) is 5.82 Å². The molecule has 1 fully saturated rings. The number of aryl methyl sites for hydroxylation is 1. The van der Waals surface area contributed by atoms with Crippen LogP contribution in [-0.2, 0) is 6.42 Å². The first kappa shape index (κ1) is 15.3. The molecule has 1 aliphatic carbocycles. The van der Waals surface area contributed by atoms with E-state index in [4.69, 9.17) is 5.10 Å². The summed E-state index contributed by atoms with van der Waals surface area (Å²) in [6.45, 7) is 4.38. The van der Waals surface area contributed by atoms with Crippen molar-refractivity contribution in [1.29, 1.82) is 0 Å². The second-order valence-electron chi connectivity index (χ2n) is 6.51. The van der Waals surface area contributed by atoms with Crippen LogP contribution in [-0.4, -0.2) is 32.9 Å². The number of aromatic nitrogens is 4. The van der Waals surface area contributed by atoms with Crippen molar-refractivity contribution < 1.29 is 0 Å². The number of hydrogen-bond donors (Lipinski definition) is 0. The van der Waals surface area contributed by atoms with Crippen LogP contribution in [0.3, 0.4) is 0 Å². The van der Waals surface area contributed by atoms with Gasteiger partial charge in [0.2, 0.25) is 0 Å². The van der Waals surface area contributed by atoms with E-state index in [9.17, 15) is 0 Å². The van der Waals surface area contributed by atoms with Gasteiger partial charge in [0.05, 0.1) is 0 Å². The Hall–Kier alpha value is -1.65. The molecule has 5 heteroatoms. The molecule has 22 heavy (non-hydrogen) atoms. The standard InChI is InChI=1S/C17H27N5/c1-4-6-13-7-9-14(10-8-13)21(3)17-12-11-16-19-18-15(5-2)22(16)20-17/h11-14H,4-10H2,1-3H3. The molecule has 0 saturated heterocycles. The van der Waals surface area contributed by atoms with E-state index in [-0.39, 0.29) is 0 Å². The van der Waals surface area contributed by atoms with Gasteiger partial charge < -0.3 is 4.90 Å². The Morgan fingerprint density at radius 2 is 1.91 bits per heavy atom. The highest BCUT2D eigenvalue weighted by atomic mass is 15.4. The minimum absolute atomic E-state index is 0.611. The Bertz CT molecular complexity index is 613. The lowest BCUT2D eigenvalue weighted by molar-refractivity contribution is 0.303. The quantitative estimate of drug-likeness (QED) is 0.848. The molecule has 0 N–H and O–H groups in total. The minimum atomic E-state index is 0.611. The van der Waals surface area contributed by atoms with E-state index in [2.05, 4.69) is 42.1 Å². The lowest BCUT2D eigenvalue weighted by Gasteiger charge is -2.35. The zero-order valence-corrected chi connectivity index (χ0v) is 14.0. The summed E-state index contributed by atoms with van der Waals surface area (Å²) >= 11 is 0. The third kappa shape index (κ3) is 2.94. The molecule has 0 bridgehead atoms. The molecule has 1 aliphatic rings. The van der Waals surface area contributed by atoms with Gasteiger partial charge in [-0.05, 0) is 43.7 Å². The summed E-state index contributed by atoms with van der Waals surface area (Å²) in [4.78, 5) is 2.35. The topological polar surface area (TPSA) is 46.3 Å². The minimum Gasteiger partial charge on any atom is -0.355 e. The summed E-state index contributed by atoms with van der Waals surface area (Å²) < 4.78 is 1.88. The molecule has 0 amide bonds. The van der Waals surface area contributed by atoms with Crippen LogP contribution in [0.5, 0.6) is 0 Å². The Labute approximate surface area is 132 Å². The molecule has 0 aromatic carbocycles. The van der Waals surface area contributed by atoms with Gasteiger partial charge in [0.15, 0.2) is 11.5 Å². The first-order chi connectivity index (χ1) is 10.7. The molecule has 0 unspecified atom stereocenters. The van der Waals surface area contributed by atoms with Crippen LogP contribution in [0, 0.1) is 5.92 Å². The van der Waals surface area contributed by atoms with Gasteiger partial charge in [-0.2, -0.15) is 4.52 Å². The largest absolute Gasteiger partial charge is 0.355 e. The van der Waals surface area contributed by atoms with Crippen molar-refractivity contribution in [3.8, 4) is 0 Å². The van der Waals surface area contributed by atoms with Crippen LogP contribution in [0.25, 0.3) is 5.65 Å². The number of hydrogen-bond acceptors (Lipinski definition) is 4. The highest BCUT2D eigenvalue weighted by molar-refractivity contribution is 5.46. The zero-order valence-electron chi connectivity index (χ0n) is 14.0. The monoisotopic (exact) mass is 301 g/mol. The fourth-order valence-electron chi connectivity index (χ4n) is 3.65. The molecule has 0 spiro atoms. The van der Waals surface area contributed by atoms with Crippen LogP contribution in [0.2, 0.25) is 0 Å². The number of nitrogens with zero attached hydrogens (tertiary/aromatic N) is 5. The number of rotatable bonds is 5. The van der Waals surface area contributed by atoms with Gasteiger partial charge in [-0.15, -0.1) is 15.3 Å². The molecule has 120 valence electrons. The lowest BCUT2D eigenvalue weighted by Crippen LogP contribution is -2.36. The highest BCUT2D eigenvalue weighted by Gasteiger charge is 2.24. The van der Waals surface area contributed by atoms with Crippen molar-refractivity contribution in [2.75, 3.05) is 11.9 Å². The van der Waals surface area contributed by atoms with Crippen molar-refractivity contribution >= 4 is 11.5 Å². The van der Waals surface area contributed by atoms with E-state index in [1.54, 1.807) is 0 Å². The van der Waals surface area contributed by atoms with E-state index >= 15 is 0 Å². The fraction of sp³-hybridized carbons (Fsp3) is 0.706. The first-order valence-corrected chi connectivity index (χ1v) is 8.67. The van der Waals surface area contributed by atoms with Gasteiger partial charge in [-0.25, -0.2) is 0 Å². The van der Waals surface area contributed by atoms with Crippen LogP contribution in [0.4, 0.5) is 5.82 Å². The normalized spacial score (nSPS) is 22.1. The van der Waals surface area contributed by atoms with Crippen molar-refractivity contribution in [1.82, 2.24) is 19.8 Å². The van der Waals surface area contributed by atoms with Crippen LogP contribution in [0.15, 0.2) is 12.1 Å². The summed E-state index contributed by atoms with van der Waals surface area (Å²) in [5.41, 5.74) is 0.834. The predicted molar refractivity (Wildman–Crippen MR) is 89.2 cm³/mol. The SMILES string of the molecule is CCCC1CCC(N(C)c2ccc3nnc(CC)n3n2)CC1. The first-order valence-electron chi connectivity index (χ1n) is 8.67. The van der Waals surface area contributed by atoms with Gasteiger partial charge >= 0.3 is 0 Å². The van der Waals surface area contributed by atoms with Gasteiger partial charge in [0.25, 0.3) is 0 Å². The lowest BCUT2D eigenvalue weighted by atomic mass is 9.83. The van der Waals surface area contributed by atoms with Gasteiger partial charge in [-0.3, -0.25) is 0 Å². The second kappa shape index (κ2) is 6.63. The molecule has 0 radical (unpaired) electrons. The molecule has 1 saturated carbocycles. The van der Waals surface area contributed by atoms with E-state index in [0.717, 1.165) is 29.6 Å². The van der Waals surface area contributed by atoms with Crippen LogP contribution in [0.1, 0.15) is 58.2 Å². The van der Waals surface area contributed by atoms with Gasteiger partial charge in [-0.1, -0.05) is 26.7 Å². The molecule has 2 heterocycles. The third-order valence-corrected chi connectivity index (χ3v) is 5.05. The van der Waals surface area contributed by atoms with E-state index in [0.29, 0.717) is 6.04 Å². The summed E-state index contributed by atoms with van der Waals surface area (Å²) in [5, 5.41) is 13.1. The van der Waals surface area contributed by atoms with Crippen molar-refractivity contribution in [2.45, 2.75) is 64.8 Å². The van der Waals surface area contributed by atoms with E-state index in [1.165, 1.54) is 38.5 Å². The fourth-order valence-corrected chi connectivity index (χ4v) is 3.65. The number of anilines is 1. The maximum Gasteiger partial charge on any atom is 0.178 e. The molecule has 0 aliphatic heterocycles. The molecule has 2 aromatic rings. The summed E-state index contributed by atoms with van der Waals surface area (Å²) in [5.74, 6) is 2.90. The average Bonchev–Trinajstić information content (AvgIpc) is 2.97. The molecule has 5 nitrogen and oxygen atoms in total. The summed E-state index contributed by atoms with van der Waals surface area (Å²) in [6, 6.07) is 4.70. The zero-order chi connectivity index (χ0) is 15.5. The maximum absolute atomic E-state index is 4.75. The number of fused-ring (bicyclic) bond motifs is 1. The predicted octanol–water partition coefficient (Wildman–Crippen LogP) is 3.48. The van der Waals surface area contributed by atoms with Gasteiger partial charge in [0, 0.05) is 19.5 Å². The molecule has 2 aromatic heterocycles. The Morgan fingerprint density at radius 1 is 1.14 bits per heavy atom. The highest BCUT2D eigenvalue weighted by Crippen LogP contribution is 2.31. The summed E-state index contributed by atoms with van der Waals surface area (Å²) in [6.07, 6.45) is 8.84. The molecule has 3 rings (SSSR count). The Balaban J connectivity index is 1.73.